The van der Waals surface area contributed by atoms with Gasteiger partial charge in [-0.15, -0.1) is 0 Å². The molecule has 0 aliphatic heterocycles. The van der Waals surface area contributed by atoms with Gasteiger partial charge in [0.2, 0.25) is 0 Å². The van der Waals surface area contributed by atoms with Crippen LogP contribution in [0.15, 0.2) is 29.3 Å². The summed E-state index contributed by atoms with van der Waals surface area (Å²) in [7, 11) is 0. The number of pyridine rings is 2. The van der Waals surface area contributed by atoms with Crippen LogP contribution in [-0.4, -0.2) is 15.1 Å². The Labute approximate surface area is 106 Å². The van der Waals surface area contributed by atoms with E-state index < -0.39 is 0 Å². The molecule has 4 heteroatoms. The molecule has 0 atom stereocenters. The Morgan fingerprint density at radius 2 is 1.78 bits per heavy atom. The lowest BCUT2D eigenvalue weighted by Gasteiger charge is -1.99. The lowest BCUT2D eigenvalue weighted by Crippen LogP contribution is -2.05. The van der Waals surface area contributed by atoms with Crippen molar-refractivity contribution in [1.29, 1.82) is 0 Å². The van der Waals surface area contributed by atoms with Gasteiger partial charge in [0.1, 0.15) is 0 Å². The van der Waals surface area contributed by atoms with Gasteiger partial charge in [-0.2, -0.15) is 0 Å². The smallest absolute Gasteiger partial charge is 0.250 e. The van der Waals surface area contributed by atoms with Gasteiger partial charge in [-0.05, 0) is 50.5 Å². The van der Waals surface area contributed by atoms with Crippen molar-refractivity contribution in [2.75, 3.05) is 0 Å². The van der Waals surface area contributed by atoms with E-state index in [9.17, 15) is 4.79 Å². The minimum Gasteiger partial charge on any atom is -0.494 e. The highest BCUT2D eigenvalue weighted by molar-refractivity contribution is 5.30. The average molecular weight is 246 g/mol. The largest absolute Gasteiger partial charge is 0.494 e. The molecule has 0 saturated heterocycles. The van der Waals surface area contributed by atoms with E-state index in [0.29, 0.717) is 0 Å². The molecule has 0 unspecified atom stereocenters. The van der Waals surface area contributed by atoms with Crippen molar-refractivity contribution < 1.29 is 5.11 Å². The predicted molar refractivity (Wildman–Crippen MR) is 71.9 cm³/mol. The quantitative estimate of drug-likeness (QED) is 0.750. The van der Waals surface area contributed by atoms with Gasteiger partial charge in [0.05, 0.1) is 0 Å². The molecule has 2 rings (SSSR count). The maximum Gasteiger partial charge on any atom is 0.250 e. The van der Waals surface area contributed by atoms with Crippen molar-refractivity contribution in [3.05, 3.63) is 57.1 Å². The summed E-state index contributed by atoms with van der Waals surface area (Å²) in [5.41, 5.74) is 3.83. The summed E-state index contributed by atoms with van der Waals surface area (Å²) < 4.78 is 0. The molecule has 0 spiro atoms. The first-order valence-corrected chi connectivity index (χ1v) is 5.68. The molecule has 2 heterocycles. The second-order valence-electron chi connectivity index (χ2n) is 4.25. The SMILES string of the molecule is Cc1cc(=O)[nH]c(O)c1C.Cc1ccncc1C. The molecule has 0 fully saturated rings. The number of aromatic hydroxyl groups is 1. The molecule has 0 aromatic carbocycles. The molecule has 0 aliphatic rings. The third kappa shape index (κ3) is 3.73. The van der Waals surface area contributed by atoms with Gasteiger partial charge in [-0.3, -0.25) is 14.8 Å². The van der Waals surface area contributed by atoms with E-state index in [1.165, 1.54) is 17.2 Å². The van der Waals surface area contributed by atoms with E-state index in [0.717, 1.165) is 11.1 Å². The number of nitrogens with zero attached hydrogens (tertiary/aromatic N) is 1. The normalized spacial score (nSPS) is 9.56. The zero-order valence-electron chi connectivity index (χ0n) is 11.1. The summed E-state index contributed by atoms with van der Waals surface area (Å²) in [6.07, 6.45) is 3.68. The van der Waals surface area contributed by atoms with Crippen LogP contribution in [0.25, 0.3) is 0 Å². The van der Waals surface area contributed by atoms with Crippen molar-refractivity contribution in [1.82, 2.24) is 9.97 Å². The lowest BCUT2D eigenvalue weighted by atomic mass is 10.2. The van der Waals surface area contributed by atoms with Gasteiger partial charge in [0.25, 0.3) is 5.56 Å². The van der Waals surface area contributed by atoms with E-state index in [1.807, 2.05) is 18.5 Å². The Bertz CT molecular complexity index is 541. The number of H-pyrrole nitrogens is 1. The van der Waals surface area contributed by atoms with Crippen molar-refractivity contribution in [2.24, 2.45) is 0 Å². The van der Waals surface area contributed by atoms with Crippen LogP contribution in [0.2, 0.25) is 0 Å². The maximum absolute atomic E-state index is 10.6. The van der Waals surface area contributed by atoms with E-state index >= 15 is 0 Å². The van der Waals surface area contributed by atoms with Crippen LogP contribution in [0, 0.1) is 27.7 Å². The summed E-state index contributed by atoms with van der Waals surface area (Å²) in [5.74, 6) is -0.0370. The molecular weight excluding hydrogens is 228 g/mol. The second kappa shape index (κ2) is 6.00. The van der Waals surface area contributed by atoms with Crippen LogP contribution in [-0.2, 0) is 0 Å². The van der Waals surface area contributed by atoms with Crippen molar-refractivity contribution in [3.8, 4) is 5.88 Å². The van der Waals surface area contributed by atoms with Crippen LogP contribution in [0.1, 0.15) is 22.3 Å². The van der Waals surface area contributed by atoms with E-state index in [2.05, 4.69) is 23.8 Å². The fourth-order valence-corrected chi connectivity index (χ4v) is 1.28. The van der Waals surface area contributed by atoms with Gasteiger partial charge >= 0.3 is 0 Å². The van der Waals surface area contributed by atoms with Crippen LogP contribution in [0.4, 0.5) is 0 Å². The van der Waals surface area contributed by atoms with Gasteiger partial charge in [-0.25, -0.2) is 0 Å². The number of aryl methyl sites for hydroxylation is 3. The molecule has 2 N–H and O–H groups in total. The molecule has 0 radical (unpaired) electrons. The monoisotopic (exact) mass is 246 g/mol. The Kier molecular flexibility index (Phi) is 4.66. The summed E-state index contributed by atoms with van der Waals surface area (Å²) >= 11 is 0. The zero-order chi connectivity index (χ0) is 13.7. The molecule has 4 nitrogen and oxygen atoms in total. The molecule has 2 aromatic rings. The van der Waals surface area contributed by atoms with Crippen LogP contribution >= 0.6 is 0 Å². The van der Waals surface area contributed by atoms with E-state index in [4.69, 9.17) is 5.11 Å². The first-order chi connectivity index (χ1) is 8.41. The Balaban J connectivity index is 0.000000184. The fraction of sp³-hybridized carbons (Fsp3) is 0.286. The lowest BCUT2D eigenvalue weighted by molar-refractivity contribution is 0.446. The Morgan fingerprint density at radius 3 is 2.22 bits per heavy atom. The molecule has 18 heavy (non-hydrogen) atoms. The van der Waals surface area contributed by atoms with Crippen molar-refractivity contribution in [2.45, 2.75) is 27.7 Å². The molecule has 96 valence electrons. The Morgan fingerprint density at radius 1 is 1.11 bits per heavy atom. The summed E-state index contributed by atoms with van der Waals surface area (Å²) in [4.78, 5) is 16.9. The van der Waals surface area contributed by atoms with Crippen LogP contribution < -0.4 is 5.56 Å². The number of aromatic amines is 1. The number of hydrogen-bond donors (Lipinski definition) is 2. The van der Waals surface area contributed by atoms with Gasteiger partial charge < -0.3 is 5.11 Å². The number of nitrogens with one attached hydrogen (secondary N) is 1. The number of aromatic nitrogens is 2. The Hall–Kier alpha value is -2.10. The molecule has 0 aliphatic carbocycles. The zero-order valence-corrected chi connectivity index (χ0v) is 11.1. The average Bonchev–Trinajstić information content (AvgIpc) is 2.31. The van der Waals surface area contributed by atoms with Crippen LogP contribution in [0.5, 0.6) is 5.88 Å². The highest BCUT2D eigenvalue weighted by Crippen LogP contribution is 2.12. The minimum absolute atomic E-state index is 0.0370. The molecule has 0 amide bonds. The first kappa shape index (κ1) is 14.0. The van der Waals surface area contributed by atoms with Gasteiger partial charge in [0, 0.05) is 24.0 Å². The van der Waals surface area contributed by atoms with Gasteiger partial charge in [-0.1, -0.05) is 0 Å². The highest BCUT2D eigenvalue weighted by Gasteiger charge is 1.99. The molecule has 0 saturated carbocycles. The molecule has 2 aromatic heterocycles. The topological polar surface area (TPSA) is 66.0 Å². The van der Waals surface area contributed by atoms with Crippen molar-refractivity contribution >= 4 is 0 Å². The molecule has 0 bridgehead atoms. The number of rotatable bonds is 0. The third-order valence-corrected chi connectivity index (χ3v) is 2.84. The second-order valence-corrected chi connectivity index (χ2v) is 4.25. The summed E-state index contributed by atoms with van der Waals surface area (Å²) in [6, 6.07) is 3.46. The predicted octanol–water partition coefficient (Wildman–Crippen LogP) is 2.40. The summed E-state index contributed by atoms with van der Waals surface area (Å²) in [5, 5.41) is 9.03. The van der Waals surface area contributed by atoms with E-state index in [-0.39, 0.29) is 11.4 Å². The van der Waals surface area contributed by atoms with Crippen LogP contribution in [0.3, 0.4) is 0 Å². The fourth-order valence-electron chi connectivity index (χ4n) is 1.28. The first-order valence-electron chi connectivity index (χ1n) is 5.68. The third-order valence-electron chi connectivity index (χ3n) is 2.84. The molecular formula is C14H18N2O2. The van der Waals surface area contributed by atoms with Gasteiger partial charge in [0.15, 0.2) is 5.88 Å². The minimum atomic E-state index is -0.263. The van der Waals surface area contributed by atoms with Crippen molar-refractivity contribution in [3.63, 3.8) is 0 Å². The summed E-state index contributed by atoms with van der Waals surface area (Å²) in [6.45, 7) is 7.67. The van der Waals surface area contributed by atoms with E-state index in [1.54, 1.807) is 13.8 Å². The standard InChI is InChI=1S/C7H9NO2.C7H9N/c1-4-3-6(9)8-7(10)5(4)2;1-6-3-4-8-5-7(6)2/h3H,1-2H3,(H2,8,9,10);3-5H,1-2H3. The maximum atomic E-state index is 10.6. The highest BCUT2D eigenvalue weighted by atomic mass is 16.3. The number of hydrogen-bond acceptors (Lipinski definition) is 3.